The highest BCUT2D eigenvalue weighted by molar-refractivity contribution is 6.01. The summed E-state index contributed by atoms with van der Waals surface area (Å²) in [6.07, 6.45) is 0.813. The Morgan fingerprint density at radius 3 is 2.46 bits per heavy atom. The lowest BCUT2D eigenvalue weighted by Gasteiger charge is -2.32. The SMILES string of the molecule is COc1ccc(C(C(=O)NCCC(C)C)N(C(=O)Cn2nnc3ccccc32)c2cccc(C)c2)cc1OC. The highest BCUT2D eigenvalue weighted by Crippen LogP contribution is 2.35. The quantitative estimate of drug-likeness (QED) is 0.303. The molecule has 9 nitrogen and oxygen atoms in total. The number of carbonyl (C=O) groups excluding carboxylic acids is 2. The van der Waals surface area contributed by atoms with Gasteiger partial charge in [0.25, 0.3) is 0 Å². The van der Waals surface area contributed by atoms with Crippen LogP contribution in [0.2, 0.25) is 0 Å². The number of amides is 2. The van der Waals surface area contributed by atoms with Gasteiger partial charge >= 0.3 is 0 Å². The molecule has 0 bridgehead atoms. The molecule has 1 aromatic heterocycles. The van der Waals surface area contributed by atoms with E-state index in [-0.39, 0.29) is 18.4 Å². The molecule has 1 N–H and O–H groups in total. The minimum Gasteiger partial charge on any atom is -0.493 e. The topological polar surface area (TPSA) is 98.6 Å². The largest absolute Gasteiger partial charge is 0.493 e. The molecule has 3 aromatic carbocycles. The summed E-state index contributed by atoms with van der Waals surface area (Å²) in [5.41, 5.74) is 3.58. The maximum absolute atomic E-state index is 14.1. The van der Waals surface area contributed by atoms with Crippen molar-refractivity contribution in [2.75, 3.05) is 25.7 Å². The standard InChI is InChI=1S/C30H35N5O4/c1-20(2)15-16-31-30(37)29(22-13-14-26(38-4)27(18-22)39-5)35(23-10-8-9-21(3)17-23)28(36)19-34-25-12-7-6-11-24(25)32-33-34/h6-14,17-18,20,29H,15-16,19H2,1-5H3,(H,31,37). The lowest BCUT2D eigenvalue weighted by Crippen LogP contribution is -2.45. The van der Waals surface area contributed by atoms with E-state index in [1.807, 2.05) is 55.5 Å². The Hall–Kier alpha value is -4.40. The summed E-state index contributed by atoms with van der Waals surface area (Å²) in [5.74, 6) is 0.813. The second-order valence-corrected chi connectivity index (χ2v) is 9.83. The predicted molar refractivity (Wildman–Crippen MR) is 151 cm³/mol. The number of carbonyl (C=O) groups is 2. The molecule has 2 amide bonds. The van der Waals surface area contributed by atoms with E-state index in [4.69, 9.17) is 9.47 Å². The van der Waals surface area contributed by atoms with Gasteiger partial charge in [-0.3, -0.25) is 14.5 Å². The number of nitrogens with one attached hydrogen (secondary N) is 1. The first-order valence-corrected chi connectivity index (χ1v) is 13.0. The molecule has 0 aliphatic carbocycles. The highest BCUT2D eigenvalue weighted by atomic mass is 16.5. The molecule has 0 aliphatic heterocycles. The summed E-state index contributed by atoms with van der Waals surface area (Å²) >= 11 is 0. The van der Waals surface area contributed by atoms with Crippen molar-refractivity contribution in [3.05, 3.63) is 77.9 Å². The van der Waals surface area contributed by atoms with Gasteiger partial charge in [0, 0.05) is 12.2 Å². The number of aryl methyl sites for hydroxylation is 1. The number of hydrogen-bond acceptors (Lipinski definition) is 6. The Bertz CT molecular complexity index is 1450. The number of nitrogens with zero attached hydrogens (tertiary/aromatic N) is 4. The zero-order valence-corrected chi connectivity index (χ0v) is 23.0. The third-order valence-corrected chi connectivity index (χ3v) is 6.50. The van der Waals surface area contributed by atoms with Crippen LogP contribution in [-0.4, -0.2) is 47.6 Å². The number of benzene rings is 3. The van der Waals surface area contributed by atoms with Crippen molar-refractivity contribution in [1.29, 1.82) is 0 Å². The summed E-state index contributed by atoms with van der Waals surface area (Å²) < 4.78 is 12.5. The summed E-state index contributed by atoms with van der Waals surface area (Å²) in [6, 6.07) is 19.3. The van der Waals surface area contributed by atoms with Crippen LogP contribution in [0.15, 0.2) is 66.7 Å². The second kappa shape index (κ2) is 12.4. The van der Waals surface area contributed by atoms with Gasteiger partial charge in [0.2, 0.25) is 11.8 Å². The molecule has 1 unspecified atom stereocenters. The van der Waals surface area contributed by atoms with Gasteiger partial charge in [-0.05, 0) is 66.8 Å². The zero-order valence-electron chi connectivity index (χ0n) is 23.0. The number of rotatable bonds is 11. The average Bonchev–Trinajstić information content (AvgIpc) is 3.33. The second-order valence-electron chi connectivity index (χ2n) is 9.83. The van der Waals surface area contributed by atoms with Crippen molar-refractivity contribution in [3.63, 3.8) is 0 Å². The number of methoxy groups -OCH3 is 2. The van der Waals surface area contributed by atoms with Gasteiger partial charge in [0.05, 0.1) is 19.7 Å². The highest BCUT2D eigenvalue weighted by Gasteiger charge is 2.34. The Balaban J connectivity index is 1.81. The van der Waals surface area contributed by atoms with Gasteiger partial charge in [0.15, 0.2) is 11.5 Å². The Kier molecular flexibility index (Phi) is 8.81. The first kappa shape index (κ1) is 27.6. The predicted octanol–water partition coefficient (Wildman–Crippen LogP) is 4.69. The Morgan fingerprint density at radius 2 is 1.74 bits per heavy atom. The van der Waals surface area contributed by atoms with Gasteiger partial charge in [-0.1, -0.05) is 49.4 Å². The maximum Gasteiger partial charge on any atom is 0.249 e. The van der Waals surface area contributed by atoms with Crippen LogP contribution in [0.4, 0.5) is 5.69 Å². The van der Waals surface area contributed by atoms with Gasteiger partial charge in [-0.15, -0.1) is 5.10 Å². The summed E-state index contributed by atoms with van der Waals surface area (Å²) in [5, 5.41) is 11.4. The molecule has 9 heteroatoms. The van der Waals surface area contributed by atoms with Crippen molar-refractivity contribution in [3.8, 4) is 11.5 Å². The van der Waals surface area contributed by atoms with Gasteiger partial charge in [-0.25, -0.2) is 4.68 Å². The molecule has 1 atom stereocenters. The van der Waals surface area contributed by atoms with Gasteiger partial charge < -0.3 is 14.8 Å². The smallest absolute Gasteiger partial charge is 0.249 e. The Labute approximate surface area is 228 Å². The number of anilines is 1. The van der Waals surface area contributed by atoms with Crippen LogP contribution in [0.1, 0.15) is 37.4 Å². The minimum atomic E-state index is -0.971. The van der Waals surface area contributed by atoms with Crippen LogP contribution in [0.5, 0.6) is 11.5 Å². The van der Waals surface area contributed by atoms with Crippen molar-refractivity contribution in [2.45, 2.75) is 39.8 Å². The fourth-order valence-electron chi connectivity index (χ4n) is 4.47. The summed E-state index contributed by atoms with van der Waals surface area (Å²) in [4.78, 5) is 29.6. The van der Waals surface area contributed by atoms with Crippen LogP contribution in [0.25, 0.3) is 11.0 Å². The fourth-order valence-corrected chi connectivity index (χ4v) is 4.47. The van der Waals surface area contributed by atoms with E-state index in [1.165, 1.54) is 4.90 Å². The molecule has 0 radical (unpaired) electrons. The molecule has 0 spiro atoms. The molecule has 4 rings (SSSR count). The minimum absolute atomic E-state index is 0.0997. The van der Waals surface area contributed by atoms with Crippen molar-refractivity contribution in [2.24, 2.45) is 5.92 Å². The normalized spacial score (nSPS) is 11.8. The Morgan fingerprint density at radius 1 is 0.974 bits per heavy atom. The molecule has 0 saturated heterocycles. The van der Waals surface area contributed by atoms with Crippen molar-refractivity contribution < 1.29 is 19.1 Å². The average molecular weight is 530 g/mol. The lowest BCUT2D eigenvalue weighted by molar-refractivity contribution is -0.127. The summed E-state index contributed by atoms with van der Waals surface area (Å²) in [7, 11) is 3.09. The number of fused-ring (bicyclic) bond motifs is 1. The van der Waals surface area contributed by atoms with Crippen LogP contribution in [-0.2, 0) is 16.1 Å². The van der Waals surface area contributed by atoms with Crippen LogP contribution >= 0.6 is 0 Å². The van der Waals surface area contributed by atoms with Gasteiger partial charge in [-0.2, -0.15) is 0 Å². The van der Waals surface area contributed by atoms with E-state index in [2.05, 4.69) is 29.5 Å². The zero-order chi connectivity index (χ0) is 27.9. The molecule has 4 aromatic rings. The molecular formula is C30H35N5O4. The number of aromatic nitrogens is 3. The van der Waals surface area contributed by atoms with E-state index in [0.717, 1.165) is 17.5 Å². The lowest BCUT2D eigenvalue weighted by atomic mass is 10.0. The van der Waals surface area contributed by atoms with Crippen LogP contribution < -0.4 is 19.7 Å². The summed E-state index contributed by atoms with van der Waals surface area (Å²) in [6.45, 7) is 6.54. The van der Waals surface area contributed by atoms with Crippen LogP contribution in [0, 0.1) is 12.8 Å². The molecule has 204 valence electrons. The maximum atomic E-state index is 14.1. The molecule has 39 heavy (non-hydrogen) atoms. The fraction of sp³-hybridized carbons (Fsp3) is 0.333. The monoisotopic (exact) mass is 529 g/mol. The third kappa shape index (κ3) is 6.37. The number of para-hydroxylation sites is 1. The van der Waals surface area contributed by atoms with Crippen LogP contribution in [0.3, 0.4) is 0 Å². The van der Waals surface area contributed by atoms with Crippen molar-refractivity contribution in [1.82, 2.24) is 20.3 Å². The molecule has 1 heterocycles. The molecule has 0 fully saturated rings. The van der Waals surface area contributed by atoms with Gasteiger partial charge in [0.1, 0.15) is 18.1 Å². The van der Waals surface area contributed by atoms with E-state index in [9.17, 15) is 9.59 Å². The van der Waals surface area contributed by atoms with Crippen molar-refractivity contribution >= 4 is 28.5 Å². The van der Waals surface area contributed by atoms with E-state index >= 15 is 0 Å². The molecular weight excluding hydrogens is 494 g/mol. The first-order valence-electron chi connectivity index (χ1n) is 13.0. The first-order chi connectivity index (χ1) is 18.8. The van der Waals surface area contributed by atoms with E-state index in [1.54, 1.807) is 37.1 Å². The van der Waals surface area contributed by atoms with E-state index in [0.29, 0.717) is 40.7 Å². The third-order valence-electron chi connectivity index (χ3n) is 6.50. The number of hydrogen-bond donors (Lipinski definition) is 1. The number of ether oxygens (including phenoxy) is 2. The van der Waals surface area contributed by atoms with E-state index < -0.39 is 6.04 Å². The molecule has 0 aliphatic rings. The molecule has 0 saturated carbocycles.